The fraction of sp³-hybridized carbons (Fsp3) is 0.333. The summed E-state index contributed by atoms with van der Waals surface area (Å²) in [4.78, 5) is 29.1. The quantitative estimate of drug-likeness (QED) is 0.321. The highest BCUT2D eigenvalue weighted by atomic mass is 32.2. The van der Waals surface area contributed by atoms with Gasteiger partial charge in [-0.05, 0) is 23.8 Å². The third kappa shape index (κ3) is 8.04. The van der Waals surface area contributed by atoms with Crippen LogP contribution in [-0.2, 0) is 48.6 Å². The van der Waals surface area contributed by atoms with Crippen molar-refractivity contribution in [1.29, 1.82) is 0 Å². The molecule has 0 saturated heterocycles. The number of nitrogens with zero attached hydrogens (tertiary/aromatic N) is 4. The molecule has 0 saturated carbocycles. The zero-order chi connectivity index (χ0) is 33.7. The van der Waals surface area contributed by atoms with Gasteiger partial charge in [0.05, 0.1) is 16.7 Å². The Morgan fingerprint density at radius 2 is 1.16 bits per heavy atom. The van der Waals surface area contributed by atoms with Crippen LogP contribution in [0.5, 0.6) is 0 Å². The van der Waals surface area contributed by atoms with E-state index in [1.165, 1.54) is 0 Å². The lowest BCUT2D eigenvalue weighted by molar-refractivity contribution is -0.143. The summed E-state index contributed by atoms with van der Waals surface area (Å²) in [5, 5.41) is -0.910. The van der Waals surface area contributed by atoms with Crippen LogP contribution in [0.25, 0.3) is 11.1 Å². The molecule has 0 bridgehead atoms. The highest BCUT2D eigenvalue weighted by molar-refractivity contribution is 7.90. The Balaban J connectivity index is 0.000000344. The molecule has 0 unspecified atom stereocenters. The summed E-state index contributed by atoms with van der Waals surface area (Å²) < 4.78 is 177. The van der Waals surface area contributed by atoms with E-state index >= 15 is 0 Å². The lowest BCUT2D eigenvalue weighted by Crippen LogP contribution is -2.28. The average molecular weight is 661 g/mol. The molecule has 2 aromatic heterocycles. The molecule has 0 spiro atoms. The smallest absolute Gasteiger partial charge is 0.369 e. The van der Waals surface area contributed by atoms with Gasteiger partial charge in [-0.1, -0.05) is 0 Å². The molecule has 3 rings (SSSR count). The van der Waals surface area contributed by atoms with E-state index in [0.717, 1.165) is 14.1 Å². The Morgan fingerprint density at radius 3 is 1.53 bits per heavy atom. The van der Waals surface area contributed by atoms with Crippen molar-refractivity contribution >= 4 is 15.8 Å². The molecule has 2 heterocycles. The van der Waals surface area contributed by atoms with Gasteiger partial charge < -0.3 is 5.73 Å². The van der Waals surface area contributed by atoms with Gasteiger partial charge in [-0.25, -0.2) is 18.4 Å². The molecule has 9 nitrogen and oxygen atoms in total. The summed E-state index contributed by atoms with van der Waals surface area (Å²) in [5.41, 5.74) is -7.45. The monoisotopic (exact) mass is 661 g/mol. The molecule has 0 aliphatic carbocycles. The normalized spacial score (nSPS) is 13.0. The summed E-state index contributed by atoms with van der Waals surface area (Å²) in [6.07, 6.45) is -20.1. The molecule has 0 amide bonds. The van der Waals surface area contributed by atoms with Crippen molar-refractivity contribution < 1.29 is 61.1 Å². The van der Waals surface area contributed by atoms with E-state index in [2.05, 4.69) is 9.97 Å². The fourth-order valence-corrected chi connectivity index (χ4v) is 4.03. The molecule has 3 aromatic rings. The van der Waals surface area contributed by atoms with E-state index < -0.39 is 90.4 Å². The molecule has 238 valence electrons. The second kappa shape index (κ2) is 11.2. The van der Waals surface area contributed by atoms with Crippen molar-refractivity contribution in [2.24, 2.45) is 14.1 Å². The van der Waals surface area contributed by atoms with Crippen LogP contribution in [0.2, 0.25) is 0 Å². The molecule has 0 aliphatic rings. The minimum absolute atomic E-state index is 0.0130. The van der Waals surface area contributed by atoms with Crippen molar-refractivity contribution in [3.63, 3.8) is 0 Å². The minimum atomic E-state index is -5.36. The van der Waals surface area contributed by atoms with Crippen molar-refractivity contribution in [1.82, 2.24) is 19.1 Å². The SMILES string of the molecule is Cn1c(N)nc(C(F)(F)F)c(-c2cc(C(F)(F)F)cc(C(F)(F)F)c2)c1=O.Cn1c(S(C)(=O)=O)nc(C(F)(F)F)cc1=O. The van der Waals surface area contributed by atoms with Crippen LogP contribution < -0.4 is 16.9 Å². The highest BCUT2D eigenvalue weighted by Gasteiger charge is 2.41. The lowest BCUT2D eigenvalue weighted by Gasteiger charge is -2.17. The predicted molar refractivity (Wildman–Crippen MR) is 122 cm³/mol. The van der Waals surface area contributed by atoms with Crippen LogP contribution in [0, 0.1) is 0 Å². The van der Waals surface area contributed by atoms with Gasteiger partial charge in [0.1, 0.15) is 0 Å². The van der Waals surface area contributed by atoms with Gasteiger partial charge in [0.2, 0.25) is 20.9 Å². The Hall–Kier alpha value is -4.11. The lowest BCUT2D eigenvalue weighted by atomic mass is 9.98. The molecule has 2 N–H and O–H groups in total. The topological polar surface area (TPSA) is 130 Å². The van der Waals surface area contributed by atoms with Gasteiger partial charge in [0.15, 0.2) is 11.4 Å². The van der Waals surface area contributed by atoms with Gasteiger partial charge >= 0.3 is 24.7 Å². The largest absolute Gasteiger partial charge is 0.434 e. The molecule has 43 heavy (non-hydrogen) atoms. The Morgan fingerprint density at radius 1 is 0.698 bits per heavy atom. The van der Waals surface area contributed by atoms with E-state index in [4.69, 9.17) is 5.73 Å². The zero-order valence-corrected chi connectivity index (χ0v) is 22.1. The molecule has 0 radical (unpaired) electrons. The maximum Gasteiger partial charge on any atom is 0.434 e. The number of nitrogen functional groups attached to an aromatic ring is 1. The maximum absolute atomic E-state index is 13.2. The first-order valence-corrected chi connectivity index (χ1v) is 12.5. The molecule has 0 aliphatic heterocycles. The van der Waals surface area contributed by atoms with E-state index in [0.29, 0.717) is 15.4 Å². The number of rotatable bonds is 2. The van der Waals surface area contributed by atoms with Crippen LogP contribution >= 0.6 is 0 Å². The number of halogens is 12. The number of hydrogen-bond acceptors (Lipinski definition) is 7. The predicted octanol–water partition coefficient (Wildman–Crippen LogP) is 4.29. The number of aromatic nitrogens is 4. The molecule has 1 aromatic carbocycles. The number of alkyl halides is 12. The number of sulfone groups is 1. The number of benzene rings is 1. The molecule has 22 heteroatoms. The first-order chi connectivity index (χ1) is 19.1. The van der Waals surface area contributed by atoms with Gasteiger partial charge in [-0.3, -0.25) is 18.7 Å². The number of nitrogens with two attached hydrogens (primary N) is 1. The summed E-state index contributed by atoms with van der Waals surface area (Å²) in [7, 11) is -2.09. The summed E-state index contributed by atoms with van der Waals surface area (Å²) in [6.45, 7) is 0. The first-order valence-electron chi connectivity index (χ1n) is 10.7. The second-order valence-electron chi connectivity index (χ2n) is 8.44. The van der Waals surface area contributed by atoms with Crippen molar-refractivity contribution in [2.75, 3.05) is 12.0 Å². The van der Waals surface area contributed by atoms with Crippen LogP contribution in [0.3, 0.4) is 0 Å². The Kier molecular flexibility index (Phi) is 9.13. The third-order valence-corrected chi connectivity index (χ3v) is 6.21. The van der Waals surface area contributed by atoms with E-state index in [9.17, 15) is 70.7 Å². The van der Waals surface area contributed by atoms with E-state index in [1.54, 1.807) is 0 Å². The second-order valence-corrected chi connectivity index (χ2v) is 10.4. The van der Waals surface area contributed by atoms with Gasteiger partial charge in [-0.15, -0.1) is 0 Å². The molecule has 0 atom stereocenters. The molecule has 0 fully saturated rings. The summed E-state index contributed by atoms with van der Waals surface area (Å²) in [6, 6.07) is -0.00118. The van der Waals surface area contributed by atoms with Crippen molar-refractivity contribution in [3.8, 4) is 11.1 Å². The Labute approximate surface area is 231 Å². The van der Waals surface area contributed by atoms with Crippen LogP contribution in [0.1, 0.15) is 22.5 Å². The van der Waals surface area contributed by atoms with Crippen molar-refractivity contribution in [2.45, 2.75) is 29.9 Å². The van der Waals surface area contributed by atoms with Gasteiger partial charge in [0.25, 0.3) is 11.1 Å². The van der Waals surface area contributed by atoms with Crippen LogP contribution in [0.15, 0.2) is 39.0 Å². The summed E-state index contributed by atoms with van der Waals surface area (Å²) in [5.74, 6) is -0.918. The van der Waals surface area contributed by atoms with Crippen LogP contribution in [-0.4, -0.2) is 33.8 Å². The fourth-order valence-electron chi connectivity index (χ4n) is 3.18. The van der Waals surface area contributed by atoms with E-state index in [-0.39, 0.29) is 24.3 Å². The maximum atomic E-state index is 13.2. The summed E-state index contributed by atoms with van der Waals surface area (Å²) >= 11 is 0. The van der Waals surface area contributed by atoms with Gasteiger partial charge in [0, 0.05) is 26.4 Å². The standard InChI is InChI=1S/C14H8F9N3O.C7H7F3N2O3S/c1-26-10(27)8(9(14(21,22)23)25-11(26)24)5-2-6(12(15,16)17)4-7(3-5)13(18,19)20;1-12-5(13)3-4(7(8,9)10)11-6(12)16(2,14)15/h2-4H,1H3,(H2,24,25);3H,1-2H3. The molecular formula is C21H15F12N5O4S. The number of anilines is 1. The highest BCUT2D eigenvalue weighted by Crippen LogP contribution is 2.40. The van der Waals surface area contributed by atoms with Gasteiger partial charge in [-0.2, -0.15) is 52.7 Å². The molecular weight excluding hydrogens is 646 g/mol. The average Bonchev–Trinajstić information content (AvgIpc) is 2.81. The minimum Gasteiger partial charge on any atom is -0.369 e. The third-order valence-electron chi connectivity index (χ3n) is 5.19. The van der Waals surface area contributed by atoms with Crippen LogP contribution in [0.4, 0.5) is 58.6 Å². The van der Waals surface area contributed by atoms with Crippen molar-refractivity contribution in [3.05, 3.63) is 67.5 Å². The zero-order valence-electron chi connectivity index (χ0n) is 21.3. The number of hydrogen-bond donors (Lipinski definition) is 1. The first kappa shape index (κ1) is 35.1. The Bertz CT molecular complexity index is 1740. The van der Waals surface area contributed by atoms with E-state index in [1.807, 2.05) is 0 Å².